The van der Waals surface area contributed by atoms with Crippen LogP contribution in [0.3, 0.4) is 0 Å². The summed E-state index contributed by atoms with van der Waals surface area (Å²) in [6, 6.07) is 5.84. The van der Waals surface area contributed by atoms with Gasteiger partial charge in [0.1, 0.15) is 11.8 Å². The fourth-order valence-corrected chi connectivity index (χ4v) is 3.78. The van der Waals surface area contributed by atoms with E-state index in [1.165, 1.54) is 25.9 Å². The summed E-state index contributed by atoms with van der Waals surface area (Å²) in [5, 5.41) is 4.13. The third-order valence-electron chi connectivity index (χ3n) is 5.07. The third-order valence-corrected chi connectivity index (χ3v) is 5.07. The Morgan fingerprint density at radius 3 is 2.87 bits per heavy atom. The number of fused-ring (bicyclic) bond motifs is 4. The van der Waals surface area contributed by atoms with Crippen molar-refractivity contribution < 1.29 is 9.21 Å². The molecule has 4 heteroatoms. The Labute approximate surface area is 135 Å². The van der Waals surface area contributed by atoms with Crippen molar-refractivity contribution in [1.29, 1.82) is 0 Å². The highest BCUT2D eigenvalue weighted by Crippen LogP contribution is 2.28. The number of amides is 1. The first-order valence-corrected chi connectivity index (χ1v) is 8.22. The Hall–Kier alpha value is -2.25. The van der Waals surface area contributed by atoms with E-state index < -0.39 is 0 Å². The van der Waals surface area contributed by atoms with Crippen LogP contribution >= 0.6 is 0 Å². The molecule has 23 heavy (non-hydrogen) atoms. The van der Waals surface area contributed by atoms with E-state index in [2.05, 4.69) is 22.1 Å². The van der Waals surface area contributed by atoms with Crippen molar-refractivity contribution in [3.63, 3.8) is 0 Å². The Kier molecular flexibility index (Phi) is 3.59. The van der Waals surface area contributed by atoms with Crippen molar-refractivity contribution >= 4 is 16.9 Å². The van der Waals surface area contributed by atoms with E-state index in [0.29, 0.717) is 11.5 Å². The highest BCUT2D eigenvalue weighted by atomic mass is 16.3. The maximum atomic E-state index is 12.6. The predicted octanol–water partition coefficient (Wildman–Crippen LogP) is 2.63. The smallest absolute Gasteiger partial charge is 0.251 e. The molecule has 0 spiro atoms. The number of carbonyl (C=O) groups excluding carboxylic acids is 1. The summed E-state index contributed by atoms with van der Waals surface area (Å²) in [5.74, 6) is 6.53. The lowest BCUT2D eigenvalue weighted by Gasteiger charge is -2.44. The van der Waals surface area contributed by atoms with Crippen LogP contribution in [0.4, 0.5) is 0 Å². The Balaban J connectivity index is 1.57. The van der Waals surface area contributed by atoms with Gasteiger partial charge in [-0.2, -0.15) is 0 Å². The second-order valence-corrected chi connectivity index (χ2v) is 6.45. The lowest BCUT2D eigenvalue weighted by Crippen LogP contribution is -2.57. The number of benzene rings is 1. The number of hydrogen-bond acceptors (Lipinski definition) is 3. The molecule has 5 rings (SSSR count). The molecule has 3 aliphatic rings. The lowest BCUT2D eigenvalue weighted by molar-refractivity contribution is 0.0620. The van der Waals surface area contributed by atoms with Crippen LogP contribution in [-0.4, -0.2) is 36.5 Å². The van der Waals surface area contributed by atoms with Gasteiger partial charge in [0.05, 0.1) is 5.56 Å². The monoisotopic (exact) mass is 308 g/mol. The Bertz CT molecular complexity index is 804. The van der Waals surface area contributed by atoms with Crippen LogP contribution in [0, 0.1) is 17.8 Å². The van der Waals surface area contributed by atoms with Crippen LogP contribution in [0.15, 0.2) is 28.9 Å². The summed E-state index contributed by atoms with van der Waals surface area (Å²) in [6.07, 6.45) is 4.04. The molecule has 2 bridgehead atoms. The zero-order chi connectivity index (χ0) is 15.8. The quantitative estimate of drug-likeness (QED) is 0.868. The average Bonchev–Trinajstić information content (AvgIpc) is 2.99. The normalized spacial score (nSPS) is 25.9. The number of rotatable bonds is 2. The summed E-state index contributed by atoms with van der Waals surface area (Å²) in [6.45, 7) is 5.13. The molecule has 0 radical (unpaired) electrons. The van der Waals surface area contributed by atoms with Gasteiger partial charge in [-0.15, -0.1) is 5.92 Å². The molecule has 1 aromatic heterocycles. The molecule has 1 amide bonds. The fraction of sp³-hybridized carbons (Fsp3) is 0.421. The molecule has 0 saturated carbocycles. The second kappa shape index (κ2) is 5.75. The van der Waals surface area contributed by atoms with Crippen LogP contribution in [-0.2, 0) is 0 Å². The Morgan fingerprint density at radius 1 is 1.35 bits per heavy atom. The summed E-state index contributed by atoms with van der Waals surface area (Å²) in [5.41, 5.74) is 2.27. The van der Waals surface area contributed by atoms with Gasteiger partial charge >= 0.3 is 0 Å². The van der Waals surface area contributed by atoms with Crippen LogP contribution in [0.5, 0.6) is 0 Å². The summed E-state index contributed by atoms with van der Waals surface area (Å²) in [4.78, 5) is 15.1. The SMILES string of the molecule is CC#Cc1coc2ccc(C(=O)NC3CN4CCC3CC4)cc12. The molecular weight excluding hydrogens is 288 g/mol. The van der Waals surface area contributed by atoms with Crippen molar-refractivity contribution in [3.05, 3.63) is 35.6 Å². The minimum atomic E-state index is 0.00209. The van der Waals surface area contributed by atoms with Crippen LogP contribution in [0.25, 0.3) is 11.0 Å². The number of carbonyl (C=O) groups is 1. The number of furan rings is 1. The van der Waals surface area contributed by atoms with Crippen molar-refractivity contribution in [2.24, 2.45) is 5.92 Å². The summed E-state index contributed by atoms with van der Waals surface area (Å²) < 4.78 is 5.49. The number of hydrogen-bond donors (Lipinski definition) is 1. The van der Waals surface area contributed by atoms with Crippen LogP contribution in [0.1, 0.15) is 35.7 Å². The topological polar surface area (TPSA) is 45.5 Å². The maximum Gasteiger partial charge on any atom is 0.251 e. The van der Waals surface area contributed by atoms with E-state index in [4.69, 9.17) is 4.42 Å². The first-order chi connectivity index (χ1) is 11.2. The van der Waals surface area contributed by atoms with E-state index >= 15 is 0 Å². The largest absolute Gasteiger partial charge is 0.463 e. The van der Waals surface area contributed by atoms with Gasteiger partial charge in [-0.05, 0) is 57.0 Å². The minimum absolute atomic E-state index is 0.00209. The van der Waals surface area contributed by atoms with Gasteiger partial charge in [-0.3, -0.25) is 4.79 Å². The van der Waals surface area contributed by atoms with E-state index in [9.17, 15) is 4.79 Å². The van der Waals surface area contributed by atoms with Gasteiger partial charge in [0.2, 0.25) is 0 Å². The number of piperidine rings is 3. The first-order valence-electron chi connectivity index (χ1n) is 8.22. The molecule has 3 fully saturated rings. The summed E-state index contributed by atoms with van der Waals surface area (Å²) >= 11 is 0. The van der Waals surface area contributed by atoms with Gasteiger partial charge in [0.25, 0.3) is 5.91 Å². The van der Waals surface area contributed by atoms with E-state index in [1.54, 1.807) is 13.2 Å². The molecule has 3 saturated heterocycles. The molecule has 1 aromatic carbocycles. The van der Waals surface area contributed by atoms with Crippen molar-refractivity contribution in [2.45, 2.75) is 25.8 Å². The van der Waals surface area contributed by atoms with Gasteiger partial charge in [-0.1, -0.05) is 5.92 Å². The van der Waals surface area contributed by atoms with Crippen molar-refractivity contribution in [1.82, 2.24) is 10.2 Å². The molecular formula is C19H20N2O2. The number of nitrogens with zero attached hydrogens (tertiary/aromatic N) is 1. The highest BCUT2D eigenvalue weighted by Gasteiger charge is 2.34. The zero-order valence-corrected chi connectivity index (χ0v) is 13.3. The van der Waals surface area contributed by atoms with Gasteiger partial charge in [-0.25, -0.2) is 0 Å². The highest BCUT2D eigenvalue weighted by molar-refractivity contribution is 5.99. The van der Waals surface area contributed by atoms with Crippen molar-refractivity contribution in [2.75, 3.05) is 19.6 Å². The molecule has 4 heterocycles. The molecule has 118 valence electrons. The molecule has 1 unspecified atom stereocenters. The number of nitrogens with one attached hydrogen (secondary N) is 1. The Morgan fingerprint density at radius 2 is 2.17 bits per heavy atom. The van der Waals surface area contributed by atoms with E-state index in [0.717, 1.165) is 23.1 Å². The van der Waals surface area contributed by atoms with Crippen LogP contribution in [0.2, 0.25) is 0 Å². The molecule has 1 N–H and O–H groups in total. The van der Waals surface area contributed by atoms with Gasteiger partial charge < -0.3 is 14.6 Å². The zero-order valence-electron chi connectivity index (χ0n) is 13.3. The molecule has 3 aliphatic heterocycles. The predicted molar refractivity (Wildman–Crippen MR) is 89.2 cm³/mol. The molecule has 1 atom stereocenters. The molecule has 2 aromatic rings. The average molecular weight is 308 g/mol. The third kappa shape index (κ3) is 2.62. The standard InChI is InChI=1S/C19H20N2O2/c1-2-3-15-12-23-18-5-4-14(10-16(15)18)19(22)20-17-11-21-8-6-13(17)7-9-21/h4-5,10,12-13,17H,6-9,11H2,1H3,(H,20,22). The maximum absolute atomic E-state index is 12.6. The first kappa shape index (κ1) is 14.3. The van der Waals surface area contributed by atoms with E-state index in [-0.39, 0.29) is 11.9 Å². The second-order valence-electron chi connectivity index (χ2n) is 6.45. The van der Waals surface area contributed by atoms with Crippen LogP contribution < -0.4 is 5.32 Å². The fourth-order valence-electron chi connectivity index (χ4n) is 3.78. The summed E-state index contributed by atoms with van der Waals surface area (Å²) in [7, 11) is 0. The van der Waals surface area contributed by atoms with E-state index in [1.807, 2.05) is 18.2 Å². The minimum Gasteiger partial charge on any atom is -0.463 e. The van der Waals surface area contributed by atoms with Gasteiger partial charge in [0, 0.05) is 23.5 Å². The molecule has 0 aliphatic carbocycles. The van der Waals surface area contributed by atoms with Gasteiger partial charge in [0.15, 0.2) is 0 Å². The van der Waals surface area contributed by atoms with Crippen molar-refractivity contribution in [3.8, 4) is 11.8 Å². The molecule has 4 nitrogen and oxygen atoms in total. The lowest BCUT2D eigenvalue weighted by atomic mass is 9.84.